The van der Waals surface area contributed by atoms with Gasteiger partial charge in [-0.3, -0.25) is 0 Å². The number of nitrogens with one attached hydrogen (secondary N) is 1. The summed E-state index contributed by atoms with van der Waals surface area (Å²) < 4.78 is 10.5. The van der Waals surface area contributed by atoms with E-state index in [2.05, 4.69) is 5.32 Å². The van der Waals surface area contributed by atoms with Crippen molar-refractivity contribution in [2.75, 3.05) is 20.3 Å². The maximum atomic E-state index is 11.6. The van der Waals surface area contributed by atoms with E-state index in [0.717, 1.165) is 12.1 Å². The van der Waals surface area contributed by atoms with Crippen LogP contribution in [0.25, 0.3) is 0 Å². The summed E-state index contributed by atoms with van der Waals surface area (Å²) in [6.07, 6.45) is 3.68. The van der Waals surface area contributed by atoms with Crippen molar-refractivity contribution < 1.29 is 14.3 Å². The molecule has 0 aliphatic carbocycles. The molecule has 0 spiro atoms. The number of carbonyl (C=O) groups excluding carboxylic acids is 1. The number of hydrogen-bond acceptors (Lipinski definition) is 4. The van der Waals surface area contributed by atoms with E-state index >= 15 is 0 Å². The van der Waals surface area contributed by atoms with Gasteiger partial charge < -0.3 is 14.8 Å². The van der Waals surface area contributed by atoms with E-state index in [1.165, 1.54) is 26.4 Å². The highest BCUT2D eigenvalue weighted by atomic mass is 16.5. The summed E-state index contributed by atoms with van der Waals surface area (Å²) in [5, 5.41) is 3.44. The van der Waals surface area contributed by atoms with Gasteiger partial charge in [-0.1, -0.05) is 24.6 Å². The van der Waals surface area contributed by atoms with Crippen LogP contribution in [-0.2, 0) is 16.1 Å². The molecule has 1 atom stereocenters. The van der Waals surface area contributed by atoms with Crippen molar-refractivity contribution in [2.24, 2.45) is 0 Å². The van der Waals surface area contributed by atoms with E-state index in [4.69, 9.17) is 9.47 Å². The topological polar surface area (TPSA) is 47.6 Å². The van der Waals surface area contributed by atoms with E-state index in [-0.39, 0.29) is 5.97 Å². The van der Waals surface area contributed by atoms with Gasteiger partial charge >= 0.3 is 5.97 Å². The quantitative estimate of drug-likeness (QED) is 0.827. The molecule has 1 fully saturated rings. The van der Waals surface area contributed by atoms with Crippen molar-refractivity contribution >= 4 is 5.97 Å². The Balaban J connectivity index is 1.86. The van der Waals surface area contributed by atoms with Crippen LogP contribution in [0, 0.1) is 0 Å². The highest BCUT2D eigenvalue weighted by Gasteiger charge is 2.14. The van der Waals surface area contributed by atoms with E-state index in [9.17, 15) is 4.79 Å². The van der Waals surface area contributed by atoms with Gasteiger partial charge in [0.1, 0.15) is 0 Å². The molecule has 2 rings (SSSR count). The maximum Gasteiger partial charge on any atom is 0.338 e. The average Bonchev–Trinajstić information content (AvgIpc) is 2.48. The summed E-state index contributed by atoms with van der Waals surface area (Å²) in [5.74, 6) is -0.310. The number of rotatable bonds is 5. The number of ether oxygens (including phenoxy) is 2. The largest absolute Gasteiger partial charge is 0.465 e. The molecule has 4 nitrogen and oxygen atoms in total. The molecule has 0 saturated carbocycles. The Morgan fingerprint density at radius 3 is 2.95 bits per heavy atom. The van der Waals surface area contributed by atoms with E-state index in [1.54, 1.807) is 6.07 Å². The molecule has 4 heteroatoms. The second-order valence-corrected chi connectivity index (χ2v) is 4.81. The van der Waals surface area contributed by atoms with Gasteiger partial charge in [0, 0.05) is 6.04 Å². The van der Waals surface area contributed by atoms with Crippen LogP contribution >= 0.6 is 0 Å². The van der Waals surface area contributed by atoms with E-state index < -0.39 is 0 Å². The van der Waals surface area contributed by atoms with Gasteiger partial charge in [0.25, 0.3) is 0 Å². The lowest BCUT2D eigenvalue weighted by Gasteiger charge is -2.23. The fraction of sp³-hybridized carbons (Fsp3) is 0.533. The molecule has 0 bridgehead atoms. The van der Waals surface area contributed by atoms with Gasteiger partial charge in [0.2, 0.25) is 0 Å². The molecule has 0 amide bonds. The Bertz CT molecular complexity index is 414. The van der Waals surface area contributed by atoms with Crippen molar-refractivity contribution in [1.29, 1.82) is 0 Å². The molecule has 1 aromatic rings. The Morgan fingerprint density at radius 1 is 1.37 bits per heavy atom. The molecule has 1 unspecified atom stereocenters. The third-order valence-electron chi connectivity index (χ3n) is 3.41. The molecule has 19 heavy (non-hydrogen) atoms. The monoisotopic (exact) mass is 263 g/mol. The lowest BCUT2D eigenvalue weighted by molar-refractivity contribution is 0.0587. The predicted octanol–water partition coefficient (Wildman–Crippen LogP) is 2.13. The van der Waals surface area contributed by atoms with Crippen molar-refractivity contribution in [3.8, 4) is 0 Å². The lowest BCUT2D eigenvalue weighted by Crippen LogP contribution is -2.37. The third-order valence-corrected chi connectivity index (χ3v) is 3.41. The minimum absolute atomic E-state index is 0.310. The van der Waals surface area contributed by atoms with Gasteiger partial charge in [-0.2, -0.15) is 0 Å². The fourth-order valence-electron chi connectivity index (χ4n) is 2.33. The molecule has 1 saturated heterocycles. The van der Waals surface area contributed by atoms with Crippen molar-refractivity contribution in [3.05, 3.63) is 35.4 Å². The van der Waals surface area contributed by atoms with Crippen LogP contribution in [0.1, 0.15) is 35.2 Å². The highest BCUT2D eigenvalue weighted by Crippen LogP contribution is 2.13. The first-order valence-corrected chi connectivity index (χ1v) is 6.78. The Labute approximate surface area is 114 Å². The van der Waals surface area contributed by atoms with Crippen molar-refractivity contribution in [3.63, 3.8) is 0 Å². The van der Waals surface area contributed by atoms with Crippen molar-refractivity contribution in [1.82, 2.24) is 5.32 Å². The zero-order chi connectivity index (χ0) is 13.5. The summed E-state index contributed by atoms with van der Waals surface area (Å²) in [4.78, 5) is 11.6. The second kappa shape index (κ2) is 7.26. The zero-order valence-electron chi connectivity index (χ0n) is 11.4. The molecule has 1 aromatic carbocycles. The van der Waals surface area contributed by atoms with E-state index in [1.807, 2.05) is 18.2 Å². The summed E-state index contributed by atoms with van der Waals surface area (Å²) in [6, 6.07) is 7.85. The summed E-state index contributed by atoms with van der Waals surface area (Å²) >= 11 is 0. The Hall–Kier alpha value is -1.39. The summed E-state index contributed by atoms with van der Waals surface area (Å²) in [7, 11) is 1.39. The summed E-state index contributed by atoms with van der Waals surface area (Å²) in [6.45, 7) is 2.21. The second-order valence-electron chi connectivity index (χ2n) is 4.81. The van der Waals surface area contributed by atoms with Crippen LogP contribution in [0.15, 0.2) is 24.3 Å². The molecule has 104 valence electrons. The Morgan fingerprint density at radius 2 is 2.21 bits per heavy atom. The molecule has 0 aromatic heterocycles. The minimum Gasteiger partial charge on any atom is -0.465 e. The predicted molar refractivity (Wildman–Crippen MR) is 73.1 cm³/mol. The molecule has 1 aliphatic heterocycles. The SMILES string of the molecule is COC(=O)c1ccccc1COCC1CCCCN1. The molecule has 0 radical (unpaired) electrons. The first-order chi connectivity index (χ1) is 9.31. The number of piperidine rings is 1. The lowest BCUT2D eigenvalue weighted by atomic mass is 10.1. The van der Waals surface area contributed by atoms with Crippen LogP contribution in [0.3, 0.4) is 0 Å². The minimum atomic E-state index is -0.310. The van der Waals surface area contributed by atoms with Gasteiger partial charge in [-0.15, -0.1) is 0 Å². The normalized spacial score (nSPS) is 19.1. The number of hydrogen-bond donors (Lipinski definition) is 1. The van der Waals surface area contributed by atoms with Crippen LogP contribution in [0.2, 0.25) is 0 Å². The van der Waals surface area contributed by atoms with E-state index in [0.29, 0.717) is 24.8 Å². The standard InChI is InChI=1S/C15H21NO3/c1-18-15(17)14-8-3-2-6-12(14)10-19-11-13-7-4-5-9-16-13/h2-3,6,8,13,16H,4-5,7,9-11H2,1H3. The smallest absolute Gasteiger partial charge is 0.338 e. The first-order valence-electron chi connectivity index (χ1n) is 6.78. The maximum absolute atomic E-state index is 11.6. The number of benzene rings is 1. The zero-order valence-corrected chi connectivity index (χ0v) is 11.4. The van der Waals surface area contributed by atoms with Crippen LogP contribution in [0.4, 0.5) is 0 Å². The van der Waals surface area contributed by atoms with Crippen molar-refractivity contribution in [2.45, 2.75) is 31.9 Å². The fourth-order valence-corrected chi connectivity index (χ4v) is 2.33. The highest BCUT2D eigenvalue weighted by molar-refractivity contribution is 5.90. The van der Waals surface area contributed by atoms with Gasteiger partial charge in [-0.05, 0) is 31.0 Å². The average molecular weight is 263 g/mol. The molecule has 1 heterocycles. The molecular weight excluding hydrogens is 242 g/mol. The Kier molecular flexibility index (Phi) is 5.36. The van der Waals surface area contributed by atoms with Gasteiger partial charge in [0.15, 0.2) is 0 Å². The van der Waals surface area contributed by atoms with Gasteiger partial charge in [-0.25, -0.2) is 4.79 Å². The van der Waals surface area contributed by atoms with Crippen LogP contribution in [0.5, 0.6) is 0 Å². The number of carbonyl (C=O) groups is 1. The summed E-state index contributed by atoms with van der Waals surface area (Å²) in [5.41, 5.74) is 1.46. The van der Waals surface area contributed by atoms with Gasteiger partial charge in [0.05, 0.1) is 25.9 Å². The number of methoxy groups -OCH3 is 1. The molecular formula is C15H21NO3. The first kappa shape index (κ1) is 14.0. The third kappa shape index (κ3) is 4.04. The molecule has 1 N–H and O–H groups in total. The van der Waals surface area contributed by atoms with Crippen LogP contribution < -0.4 is 5.32 Å². The number of esters is 1. The van der Waals surface area contributed by atoms with Crippen LogP contribution in [-0.4, -0.2) is 32.3 Å². The molecule has 1 aliphatic rings.